The Hall–Kier alpha value is 0.110. The number of aliphatic hydroxyl groups is 1. The lowest BCUT2D eigenvalue weighted by Crippen LogP contribution is -2.04. The van der Waals surface area contributed by atoms with Gasteiger partial charge in [0.25, 0.3) is 0 Å². The van der Waals surface area contributed by atoms with Crippen molar-refractivity contribution < 1.29 is 9.32 Å². The SMILES string of the molecule is CCCCCCCCCCCCCCCCCCS(=O)CCCO. The summed E-state index contributed by atoms with van der Waals surface area (Å²) in [5.74, 6) is 1.51. The molecule has 0 aliphatic carbocycles. The Morgan fingerprint density at radius 2 is 0.875 bits per heavy atom. The van der Waals surface area contributed by atoms with Crippen molar-refractivity contribution in [2.24, 2.45) is 0 Å². The van der Waals surface area contributed by atoms with E-state index in [1.807, 2.05) is 0 Å². The summed E-state index contributed by atoms with van der Waals surface area (Å²) in [6.07, 6.45) is 22.7. The summed E-state index contributed by atoms with van der Waals surface area (Å²) >= 11 is 0. The molecule has 0 saturated carbocycles. The Balaban J connectivity index is 3.04. The van der Waals surface area contributed by atoms with E-state index in [1.54, 1.807) is 0 Å². The first-order valence-electron chi connectivity index (χ1n) is 10.8. The number of aliphatic hydroxyl groups excluding tert-OH is 1. The van der Waals surface area contributed by atoms with Crippen LogP contribution in [0, 0.1) is 0 Å². The van der Waals surface area contributed by atoms with Crippen LogP contribution in [0.15, 0.2) is 0 Å². The molecular weight excluding hydrogens is 316 g/mol. The van der Waals surface area contributed by atoms with Crippen LogP contribution in [0.25, 0.3) is 0 Å². The predicted octanol–water partition coefficient (Wildman–Crippen LogP) is 6.38. The molecule has 0 amide bonds. The summed E-state index contributed by atoms with van der Waals surface area (Å²) in [5, 5.41) is 8.69. The molecule has 146 valence electrons. The van der Waals surface area contributed by atoms with E-state index in [4.69, 9.17) is 5.11 Å². The van der Waals surface area contributed by atoms with Crippen LogP contribution in [-0.4, -0.2) is 27.4 Å². The molecule has 2 nitrogen and oxygen atoms in total. The summed E-state index contributed by atoms with van der Waals surface area (Å²) in [4.78, 5) is 0. The molecule has 1 unspecified atom stereocenters. The van der Waals surface area contributed by atoms with Crippen molar-refractivity contribution >= 4 is 10.8 Å². The van der Waals surface area contributed by atoms with Gasteiger partial charge in [0.2, 0.25) is 0 Å². The maximum absolute atomic E-state index is 11.5. The second-order valence-electron chi connectivity index (χ2n) is 7.23. The third-order valence-electron chi connectivity index (χ3n) is 4.76. The molecule has 0 radical (unpaired) electrons. The minimum absolute atomic E-state index is 0.171. The lowest BCUT2D eigenvalue weighted by atomic mass is 10.0. The Labute approximate surface area is 154 Å². The summed E-state index contributed by atoms with van der Waals surface area (Å²) < 4.78 is 11.5. The summed E-state index contributed by atoms with van der Waals surface area (Å²) in [6, 6.07) is 0. The first kappa shape index (κ1) is 24.1. The zero-order valence-electron chi connectivity index (χ0n) is 16.4. The molecule has 0 fully saturated rings. The Morgan fingerprint density at radius 1 is 0.542 bits per heavy atom. The van der Waals surface area contributed by atoms with Crippen LogP contribution >= 0.6 is 0 Å². The molecule has 0 spiro atoms. The van der Waals surface area contributed by atoms with Gasteiger partial charge in [0, 0.05) is 28.9 Å². The van der Waals surface area contributed by atoms with E-state index in [9.17, 15) is 4.21 Å². The number of hydrogen-bond acceptors (Lipinski definition) is 2. The van der Waals surface area contributed by atoms with Crippen LogP contribution in [0.1, 0.15) is 116 Å². The summed E-state index contributed by atoms with van der Waals surface area (Å²) in [6.45, 7) is 2.45. The van der Waals surface area contributed by atoms with Crippen molar-refractivity contribution in [1.29, 1.82) is 0 Å². The van der Waals surface area contributed by atoms with Gasteiger partial charge in [-0.2, -0.15) is 0 Å². The molecule has 0 saturated heterocycles. The largest absolute Gasteiger partial charge is 0.396 e. The van der Waals surface area contributed by atoms with E-state index in [0.717, 1.165) is 12.2 Å². The molecule has 0 aromatic rings. The first-order valence-corrected chi connectivity index (χ1v) is 12.3. The molecule has 24 heavy (non-hydrogen) atoms. The van der Waals surface area contributed by atoms with Gasteiger partial charge in [-0.1, -0.05) is 103 Å². The van der Waals surface area contributed by atoms with E-state index < -0.39 is 10.8 Å². The number of hydrogen-bond donors (Lipinski definition) is 1. The van der Waals surface area contributed by atoms with Crippen molar-refractivity contribution in [2.75, 3.05) is 18.1 Å². The second-order valence-corrected chi connectivity index (χ2v) is 8.92. The maximum atomic E-state index is 11.5. The molecule has 0 aliphatic heterocycles. The van der Waals surface area contributed by atoms with Gasteiger partial charge in [-0.3, -0.25) is 4.21 Å². The molecule has 0 aromatic heterocycles. The summed E-state index contributed by atoms with van der Waals surface area (Å²) in [7, 11) is -0.697. The normalized spacial score (nSPS) is 12.6. The smallest absolute Gasteiger partial charge is 0.0439 e. The standard InChI is InChI=1S/C21H44O2S/c1-2-3-4-5-6-7-8-9-10-11-12-13-14-15-16-17-20-24(23)21-18-19-22/h22H,2-21H2,1H3. The highest BCUT2D eigenvalue weighted by atomic mass is 32.2. The zero-order chi connectivity index (χ0) is 17.7. The number of unbranched alkanes of at least 4 members (excludes halogenated alkanes) is 15. The van der Waals surface area contributed by atoms with E-state index in [2.05, 4.69) is 6.92 Å². The topological polar surface area (TPSA) is 37.3 Å². The highest BCUT2D eigenvalue weighted by Crippen LogP contribution is 2.13. The van der Waals surface area contributed by atoms with Crippen molar-refractivity contribution in [2.45, 2.75) is 116 Å². The van der Waals surface area contributed by atoms with E-state index in [0.29, 0.717) is 12.2 Å². The Kier molecular flexibility index (Phi) is 21.3. The third-order valence-corrected chi connectivity index (χ3v) is 6.24. The quantitative estimate of drug-likeness (QED) is 0.256. The fourth-order valence-electron chi connectivity index (χ4n) is 3.14. The maximum Gasteiger partial charge on any atom is 0.0439 e. The molecular formula is C21H44O2S. The Bertz CT molecular complexity index is 256. The van der Waals surface area contributed by atoms with Gasteiger partial charge in [-0.15, -0.1) is 0 Å². The van der Waals surface area contributed by atoms with Crippen LogP contribution in [0.4, 0.5) is 0 Å². The fraction of sp³-hybridized carbons (Fsp3) is 1.00. The van der Waals surface area contributed by atoms with E-state index in [1.165, 1.54) is 96.3 Å². The Morgan fingerprint density at radius 3 is 1.25 bits per heavy atom. The lowest BCUT2D eigenvalue weighted by molar-refractivity contribution is 0.296. The minimum Gasteiger partial charge on any atom is -0.396 e. The van der Waals surface area contributed by atoms with Gasteiger partial charge >= 0.3 is 0 Å². The van der Waals surface area contributed by atoms with Gasteiger partial charge in [-0.25, -0.2) is 0 Å². The predicted molar refractivity (Wildman–Crippen MR) is 109 cm³/mol. The van der Waals surface area contributed by atoms with E-state index >= 15 is 0 Å². The van der Waals surface area contributed by atoms with Crippen molar-refractivity contribution in [1.82, 2.24) is 0 Å². The lowest BCUT2D eigenvalue weighted by Gasteiger charge is -2.04. The average molecular weight is 361 g/mol. The van der Waals surface area contributed by atoms with Crippen LogP contribution < -0.4 is 0 Å². The van der Waals surface area contributed by atoms with Gasteiger partial charge < -0.3 is 5.11 Å². The van der Waals surface area contributed by atoms with E-state index in [-0.39, 0.29) is 6.61 Å². The number of rotatable bonds is 20. The van der Waals surface area contributed by atoms with Gasteiger partial charge in [0.15, 0.2) is 0 Å². The molecule has 0 heterocycles. The minimum atomic E-state index is -0.697. The van der Waals surface area contributed by atoms with Crippen LogP contribution in [0.2, 0.25) is 0 Å². The van der Waals surface area contributed by atoms with Gasteiger partial charge in [0.1, 0.15) is 0 Å². The first-order chi connectivity index (χ1) is 11.8. The second kappa shape index (κ2) is 21.2. The fourth-order valence-corrected chi connectivity index (χ4v) is 4.32. The zero-order valence-corrected chi connectivity index (χ0v) is 17.2. The highest BCUT2D eigenvalue weighted by Gasteiger charge is 1.99. The average Bonchev–Trinajstić information content (AvgIpc) is 2.59. The molecule has 0 aliphatic rings. The van der Waals surface area contributed by atoms with Crippen molar-refractivity contribution in [3.8, 4) is 0 Å². The van der Waals surface area contributed by atoms with Gasteiger partial charge in [-0.05, 0) is 12.8 Å². The molecule has 0 rings (SSSR count). The third kappa shape index (κ3) is 20.2. The van der Waals surface area contributed by atoms with Crippen LogP contribution in [0.3, 0.4) is 0 Å². The van der Waals surface area contributed by atoms with Crippen LogP contribution in [0.5, 0.6) is 0 Å². The highest BCUT2D eigenvalue weighted by molar-refractivity contribution is 7.84. The van der Waals surface area contributed by atoms with Crippen LogP contribution in [-0.2, 0) is 10.8 Å². The molecule has 0 aromatic carbocycles. The van der Waals surface area contributed by atoms with Crippen molar-refractivity contribution in [3.63, 3.8) is 0 Å². The summed E-state index contributed by atoms with van der Waals surface area (Å²) in [5.41, 5.74) is 0. The van der Waals surface area contributed by atoms with Gasteiger partial charge in [0.05, 0.1) is 0 Å². The molecule has 3 heteroatoms. The monoisotopic (exact) mass is 360 g/mol. The molecule has 1 atom stereocenters. The molecule has 1 N–H and O–H groups in total. The van der Waals surface area contributed by atoms with Crippen molar-refractivity contribution in [3.05, 3.63) is 0 Å². The molecule has 0 bridgehead atoms.